The topological polar surface area (TPSA) is 110 Å². The highest BCUT2D eigenvalue weighted by Gasteiger charge is 2.25. The first-order valence-electron chi connectivity index (χ1n) is 10.4. The van der Waals surface area contributed by atoms with Gasteiger partial charge in [0.15, 0.2) is 0 Å². The lowest BCUT2D eigenvalue weighted by molar-refractivity contribution is -0.118. The van der Waals surface area contributed by atoms with Gasteiger partial charge in [0.2, 0.25) is 5.91 Å². The molecular weight excluding hydrogens is 414 g/mol. The van der Waals surface area contributed by atoms with Crippen molar-refractivity contribution in [1.82, 2.24) is 4.90 Å². The van der Waals surface area contributed by atoms with Crippen molar-refractivity contribution in [2.24, 2.45) is 11.7 Å². The van der Waals surface area contributed by atoms with Crippen LogP contribution >= 0.6 is 0 Å². The van der Waals surface area contributed by atoms with Gasteiger partial charge in [-0.1, -0.05) is 6.07 Å². The van der Waals surface area contributed by atoms with E-state index >= 15 is 0 Å². The zero-order valence-electron chi connectivity index (χ0n) is 17.9. The highest BCUT2D eigenvalue weighted by Crippen LogP contribution is 2.23. The molecule has 8 heteroatoms. The molecule has 0 bridgehead atoms. The maximum Gasteiger partial charge on any atom is 0.261 e. The maximum absolute atomic E-state index is 12.9. The maximum atomic E-state index is 12.9. The molecule has 1 fully saturated rings. The van der Waals surface area contributed by atoms with Crippen LogP contribution in [0.4, 0.5) is 5.69 Å². The van der Waals surface area contributed by atoms with Crippen LogP contribution in [-0.4, -0.2) is 38.2 Å². The predicted molar refractivity (Wildman–Crippen MR) is 120 cm³/mol. The Kier molecular flexibility index (Phi) is 7.00. The number of rotatable bonds is 7. The fraction of sp³-hybridized carbons (Fsp3) is 0.391. The number of anilines is 1. The van der Waals surface area contributed by atoms with Crippen molar-refractivity contribution in [3.05, 3.63) is 59.2 Å². The summed E-state index contributed by atoms with van der Waals surface area (Å²) < 4.78 is 28.0. The summed E-state index contributed by atoms with van der Waals surface area (Å²) in [6.07, 6.45) is 2.85. The molecule has 2 aromatic rings. The normalized spacial score (nSPS) is 16.7. The lowest BCUT2D eigenvalue weighted by Crippen LogP contribution is -2.40. The van der Waals surface area contributed by atoms with E-state index in [1.165, 1.54) is 12.1 Å². The average molecular weight is 444 g/mol. The van der Waals surface area contributed by atoms with E-state index < -0.39 is 10.0 Å². The summed E-state index contributed by atoms with van der Waals surface area (Å²) in [5.41, 5.74) is 8.26. The molecule has 1 unspecified atom stereocenters. The Hall–Kier alpha value is -2.87. The van der Waals surface area contributed by atoms with Crippen molar-refractivity contribution in [2.45, 2.75) is 44.4 Å². The summed E-state index contributed by atoms with van der Waals surface area (Å²) in [5.74, 6) is -0.198. The quantitative estimate of drug-likeness (QED) is 0.685. The molecule has 2 amide bonds. The molecule has 3 rings (SSSR count). The van der Waals surface area contributed by atoms with Crippen molar-refractivity contribution in [2.75, 3.05) is 17.8 Å². The van der Waals surface area contributed by atoms with Crippen LogP contribution in [0.3, 0.4) is 0 Å². The second-order valence-electron chi connectivity index (χ2n) is 8.19. The van der Waals surface area contributed by atoms with Gasteiger partial charge >= 0.3 is 0 Å². The van der Waals surface area contributed by atoms with Gasteiger partial charge in [0.1, 0.15) is 0 Å². The first kappa shape index (κ1) is 22.8. The van der Waals surface area contributed by atoms with Crippen molar-refractivity contribution in [3.8, 4) is 0 Å². The molecule has 1 atom stereocenters. The lowest BCUT2D eigenvalue weighted by atomic mass is 9.93. The highest BCUT2D eigenvalue weighted by molar-refractivity contribution is 7.92. The highest BCUT2D eigenvalue weighted by atomic mass is 32.2. The van der Waals surface area contributed by atoms with Crippen LogP contribution in [0.25, 0.3) is 0 Å². The number of nitrogens with one attached hydrogen (secondary N) is 1. The van der Waals surface area contributed by atoms with Gasteiger partial charge in [0.25, 0.3) is 15.9 Å². The molecule has 0 aromatic heterocycles. The van der Waals surface area contributed by atoms with E-state index in [0.717, 1.165) is 24.0 Å². The number of aryl methyl sites for hydroxylation is 2. The van der Waals surface area contributed by atoms with Crippen LogP contribution in [-0.2, 0) is 14.8 Å². The Bertz CT molecular complexity index is 1060. The first-order valence-corrected chi connectivity index (χ1v) is 11.9. The van der Waals surface area contributed by atoms with Crippen molar-refractivity contribution in [3.63, 3.8) is 0 Å². The fourth-order valence-electron chi connectivity index (χ4n) is 3.81. The van der Waals surface area contributed by atoms with Crippen LogP contribution < -0.4 is 10.5 Å². The summed E-state index contributed by atoms with van der Waals surface area (Å²) in [6.45, 7) is 5.12. The average Bonchev–Trinajstić information content (AvgIpc) is 2.74. The number of nitrogens with zero attached hydrogens (tertiary/aromatic N) is 1. The Labute approximate surface area is 183 Å². The number of hydrogen-bond acceptors (Lipinski definition) is 4. The van der Waals surface area contributed by atoms with Gasteiger partial charge in [0.05, 0.1) is 4.90 Å². The van der Waals surface area contributed by atoms with Gasteiger partial charge in [0, 0.05) is 30.8 Å². The van der Waals surface area contributed by atoms with Crippen LogP contribution in [0, 0.1) is 19.8 Å². The zero-order valence-corrected chi connectivity index (χ0v) is 18.7. The molecule has 0 aliphatic carbocycles. The van der Waals surface area contributed by atoms with Gasteiger partial charge in [-0.2, -0.15) is 0 Å². The number of hydrogen-bond donors (Lipinski definition) is 2. The molecule has 31 heavy (non-hydrogen) atoms. The number of carbonyl (C=O) groups excluding carboxylic acids is 2. The minimum absolute atomic E-state index is 0.0975. The summed E-state index contributed by atoms with van der Waals surface area (Å²) in [6, 6.07) is 11.4. The Morgan fingerprint density at radius 3 is 2.45 bits per heavy atom. The molecule has 2 aromatic carbocycles. The largest absolute Gasteiger partial charge is 0.370 e. The molecule has 1 aliphatic heterocycles. The van der Waals surface area contributed by atoms with E-state index in [2.05, 4.69) is 4.72 Å². The van der Waals surface area contributed by atoms with Gasteiger partial charge in [-0.3, -0.25) is 14.3 Å². The molecule has 1 heterocycles. The molecule has 0 radical (unpaired) electrons. The molecule has 1 aliphatic rings. The fourth-order valence-corrected chi connectivity index (χ4v) is 4.86. The van der Waals surface area contributed by atoms with Crippen LogP contribution in [0.2, 0.25) is 0 Å². The first-order chi connectivity index (χ1) is 14.7. The van der Waals surface area contributed by atoms with Crippen molar-refractivity contribution >= 4 is 27.5 Å². The summed E-state index contributed by atoms with van der Waals surface area (Å²) in [7, 11) is -3.75. The zero-order chi connectivity index (χ0) is 22.6. The van der Waals surface area contributed by atoms with Crippen molar-refractivity contribution < 1.29 is 18.0 Å². The van der Waals surface area contributed by atoms with Crippen LogP contribution in [0.15, 0.2) is 47.4 Å². The SMILES string of the molecule is Cc1ccc(NS(=O)(=O)c2ccc(C(=O)N3CCCC(CCC(N)=O)C3)cc2)cc1C. The number of likely N-dealkylation sites (tertiary alicyclic amines) is 1. The Morgan fingerprint density at radius 1 is 1.10 bits per heavy atom. The van der Waals surface area contributed by atoms with Gasteiger partial charge in [-0.15, -0.1) is 0 Å². The standard InChI is InChI=1S/C23H29N3O4S/c1-16-5-9-20(14-17(16)2)25-31(29,30)21-10-7-19(8-11-21)23(28)26-13-3-4-18(15-26)6-12-22(24)27/h5,7-11,14,18,25H,3-4,6,12-13,15H2,1-2H3,(H2,24,27). The second kappa shape index (κ2) is 9.51. The van der Waals surface area contributed by atoms with E-state index in [1.54, 1.807) is 29.2 Å². The number of sulfonamides is 1. The molecule has 7 nitrogen and oxygen atoms in total. The Balaban J connectivity index is 1.67. The third-order valence-electron chi connectivity index (χ3n) is 5.78. The molecule has 3 N–H and O–H groups in total. The number of primary amides is 1. The third kappa shape index (κ3) is 5.85. The monoisotopic (exact) mass is 443 g/mol. The minimum Gasteiger partial charge on any atom is -0.370 e. The van der Waals surface area contributed by atoms with Gasteiger partial charge in [-0.25, -0.2) is 8.42 Å². The van der Waals surface area contributed by atoms with E-state index in [1.807, 2.05) is 19.9 Å². The number of carbonyl (C=O) groups is 2. The van der Waals surface area contributed by atoms with Gasteiger partial charge in [-0.05, 0) is 86.6 Å². The minimum atomic E-state index is -3.75. The molecule has 0 spiro atoms. The number of amides is 2. The third-order valence-corrected chi connectivity index (χ3v) is 7.17. The van der Waals surface area contributed by atoms with E-state index in [0.29, 0.717) is 37.2 Å². The Morgan fingerprint density at radius 2 is 1.81 bits per heavy atom. The number of benzene rings is 2. The molecule has 166 valence electrons. The van der Waals surface area contributed by atoms with E-state index in [-0.39, 0.29) is 22.6 Å². The van der Waals surface area contributed by atoms with Gasteiger partial charge < -0.3 is 10.6 Å². The second-order valence-corrected chi connectivity index (χ2v) is 9.88. The summed E-state index contributed by atoms with van der Waals surface area (Å²) >= 11 is 0. The predicted octanol–water partition coefficient (Wildman–Crippen LogP) is 3.22. The van der Waals surface area contributed by atoms with E-state index in [9.17, 15) is 18.0 Å². The number of piperidine rings is 1. The number of nitrogens with two attached hydrogens (primary N) is 1. The summed E-state index contributed by atoms with van der Waals surface area (Å²) in [5, 5.41) is 0. The smallest absolute Gasteiger partial charge is 0.261 e. The van der Waals surface area contributed by atoms with Crippen LogP contribution in [0.5, 0.6) is 0 Å². The van der Waals surface area contributed by atoms with Crippen LogP contribution in [0.1, 0.15) is 47.2 Å². The molecular formula is C23H29N3O4S. The lowest BCUT2D eigenvalue weighted by Gasteiger charge is -2.32. The molecule has 1 saturated heterocycles. The molecule has 0 saturated carbocycles. The summed E-state index contributed by atoms with van der Waals surface area (Å²) in [4.78, 5) is 25.8. The van der Waals surface area contributed by atoms with Crippen molar-refractivity contribution in [1.29, 1.82) is 0 Å². The van der Waals surface area contributed by atoms with E-state index in [4.69, 9.17) is 5.73 Å².